The molecule has 0 amide bonds. The van der Waals surface area contributed by atoms with E-state index in [1.807, 2.05) is 49.4 Å². The van der Waals surface area contributed by atoms with Gasteiger partial charge in [0.2, 0.25) is 0 Å². The Morgan fingerprint density at radius 1 is 1.16 bits per heavy atom. The monoisotopic (exact) mass is 273 g/mol. The van der Waals surface area contributed by atoms with E-state index in [9.17, 15) is 0 Å². The molecule has 0 aliphatic carbocycles. The molecule has 5 heteroatoms. The van der Waals surface area contributed by atoms with Crippen LogP contribution in [0.5, 0.6) is 5.75 Å². The first-order valence-corrected chi connectivity index (χ1v) is 6.24. The van der Waals surface area contributed by atoms with Crippen molar-refractivity contribution >= 4 is 28.8 Å². The SMILES string of the molecule is COc1cccc(NC(=S)Nc2cccc(C)n2)c1. The molecule has 2 aromatic rings. The van der Waals surface area contributed by atoms with Gasteiger partial charge in [-0.05, 0) is 43.4 Å². The number of nitrogens with zero attached hydrogens (tertiary/aromatic N) is 1. The van der Waals surface area contributed by atoms with Gasteiger partial charge in [-0.15, -0.1) is 0 Å². The summed E-state index contributed by atoms with van der Waals surface area (Å²) in [7, 11) is 1.63. The first kappa shape index (κ1) is 13.3. The van der Waals surface area contributed by atoms with E-state index in [0.29, 0.717) is 5.11 Å². The summed E-state index contributed by atoms with van der Waals surface area (Å²) >= 11 is 5.24. The highest BCUT2D eigenvalue weighted by Crippen LogP contribution is 2.17. The lowest BCUT2D eigenvalue weighted by Gasteiger charge is -2.11. The summed E-state index contributed by atoms with van der Waals surface area (Å²) in [4.78, 5) is 4.33. The number of rotatable bonds is 3. The van der Waals surface area contributed by atoms with Crippen LogP contribution in [-0.2, 0) is 0 Å². The standard InChI is InChI=1S/C14H15N3OS/c1-10-5-3-8-13(15-10)17-14(19)16-11-6-4-7-12(9-11)18-2/h3-9H,1-2H3,(H2,15,16,17,19). The molecule has 0 saturated carbocycles. The smallest absolute Gasteiger partial charge is 0.176 e. The van der Waals surface area contributed by atoms with Gasteiger partial charge in [-0.25, -0.2) is 4.98 Å². The van der Waals surface area contributed by atoms with Crippen molar-refractivity contribution in [3.05, 3.63) is 48.2 Å². The Morgan fingerprint density at radius 2 is 1.95 bits per heavy atom. The number of aromatic nitrogens is 1. The van der Waals surface area contributed by atoms with Crippen LogP contribution in [0.15, 0.2) is 42.5 Å². The quantitative estimate of drug-likeness (QED) is 0.841. The Kier molecular flexibility index (Phi) is 4.30. The fourth-order valence-electron chi connectivity index (χ4n) is 1.59. The number of benzene rings is 1. The third-order valence-corrected chi connectivity index (χ3v) is 2.66. The van der Waals surface area contributed by atoms with Crippen LogP contribution in [0.4, 0.5) is 11.5 Å². The van der Waals surface area contributed by atoms with Crippen LogP contribution in [0.25, 0.3) is 0 Å². The Balaban J connectivity index is 2.01. The number of aryl methyl sites for hydroxylation is 1. The van der Waals surface area contributed by atoms with Crippen molar-refractivity contribution in [3.63, 3.8) is 0 Å². The zero-order valence-electron chi connectivity index (χ0n) is 10.8. The Labute approximate surface area is 117 Å². The topological polar surface area (TPSA) is 46.2 Å². The van der Waals surface area contributed by atoms with Gasteiger partial charge in [-0.3, -0.25) is 0 Å². The molecule has 2 N–H and O–H groups in total. The van der Waals surface area contributed by atoms with E-state index in [0.717, 1.165) is 22.9 Å². The maximum Gasteiger partial charge on any atom is 0.176 e. The van der Waals surface area contributed by atoms with Gasteiger partial charge in [0.05, 0.1) is 7.11 Å². The number of nitrogens with one attached hydrogen (secondary N) is 2. The van der Waals surface area contributed by atoms with Crippen LogP contribution in [-0.4, -0.2) is 17.2 Å². The molecule has 0 spiro atoms. The largest absolute Gasteiger partial charge is 0.497 e. The van der Waals surface area contributed by atoms with Gasteiger partial charge in [-0.1, -0.05) is 12.1 Å². The molecule has 4 nitrogen and oxygen atoms in total. The molecule has 19 heavy (non-hydrogen) atoms. The highest BCUT2D eigenvalue weighted by molar-refractivity contribution is 7.80. The van der Waals surface area contributed by atoms with Crippen molar-refractivity contribution in [2.24, 2.45) is 0 Å². The van der Waals surface area contributed by atoms with E-state index in [1.165, 1.54) is 0 Å². The summed E-state index contributed by atoms with van der Waals surface area (Å²) in [5, 5.41) is 6.61. The molecule has 1 aromatic heterocycles. The number of ether oxygens (including phenoxy) is 1. The summed E-state index contributed by atoms with van der Waals surface area (Å²) in [6, 6.07) is 13.3. The van der Waals surface area contributed by atoms with Gasteiger partial charge in [0.15, 0.2) is 5.11 Å². The molecule has 0 bridgehead atoms. The highest BCUT2D eigenvalue weighted by atomic mass is 32.1. The summed E-state index contributed by atoms with van der Waals surface area (Å²) < 4.78 is 5.15. The summed E-state index contributed by atoms with van der Waals surface area (Å²) in [5.74, 6) is 1.50. The molecule has 0 radical (unpaired) electrons. The molecule has 0 atom stereocenters. The molecule has 98 valence electrons. The van der Waals surface area contributed by atoms with Crippen LogP contribution in [0, 0.1) is 6.92 Å². The fourth-order valence-corrected chi connectivity index (χ4v) is 1.81. The molecule has 0 saturated heterocycles. The van der Waals surface area contributed by atoms with Crippen LogP contribution in [0.1, 0.15) is 5.69 Å². The predicted octanol–water partition coefficient (Wildman–Crippen LogP) is 3.21. The lowest BCUT2D eigenvalue weighted by atomic mass is 10.3. The molecule has 0 fully saturated rings. The van der Waals surface area contributed by atoms with Crippen molar-refractivity contribution in [3.8, 4) is 5.75 Å². The van der Waals surface area contributed by atoms with E-state index in [1.54, 1.807) is 7.11 Å². The van der Waals surface area contributed by atoms with E-state index in [-0.39, 0.29) is 0 Å². The molecule has 2 rings (SSSR count). The molecule has 0 aliphatic rings. The first-order valence-electron chi connectivity index (χ1n) is 5.83. The zero-order chi connectivity index (χ0) is 13.7. The van der Waals surface area contributed by atoms with Gasteiger partial charge in [0.25, 0.3) is 0 Å². The lowest BCUT2D eigenvalue weighted by molar-refractivity contribution is 0.415. The summed E-state index contributed by atoms with van der Waals surface area (Å²) in [6.45, 7) is 1.93. The van der Waals surface area contributed by atoms with Crippen LogP contribution in [0.2, 0.25) is 0 Å². The average molecular weight is 273 g/mol. The van der Waals surface area contributed by atoms with Crippen LogP contribution >= 0.6 is 12.2 Å². The Bertz CT molecular complexity index is 586. The maximum atomic E-state index is 5.24. The van der Waals surface area contributed by atoms with Crippen molar-refractivity contribution in [2.75, 3.05) is 17.7 Å². The summed E-state index contributed by atoms with van der Waals surface area (Å²) in [5.41, 5.74) is 1.80. The molecular formula is C14H15N3OS. The lowest BCUT2D eigenvalue weighted by Crippen LogP contribution is -2.19. The highest BCUT2D eigenvalue weighted by Gasteiger charge is 2.01. The minimum atomic E-state index is 0.492. The number of hydrogen-bond acceptors (Lipinski definition) is 3. The number of anilines is 2. The number of hydrogen-bond donors (Lipinski definition) is 2. The number of methoxy groups -OCH3 is 1. The maximum absolute atomic E-state index is 5.24. The normalized spacial score (nSPS) is 9.79. The number of pyridine rings is 1. The van der Waals surface area contributed by atoms with Crippen LogP contribution < -0.4 is 15.4 Å². The second kappa shape index (κ2) is 6.15. The van der Waals surface area contributed by atoms with E-state index in [2.05, 4.69) is 15.6 Å². The second-order valence-electron chi connectivity index (χ2n) is 3.98. The molecule has 0 aliphatic heterocycles. The van der Waals surface area contributed by atoms with E-state index >= 15 is 0 Å². The molecule has 1 aromatic carbocycles. The van der Waals surface area contributed by atoms with Crippen molar-refractivity contribution < 1.29 is 4.74 Å². The van der Waals surface area contributed by atoms with E-state index in [4.69, 9.17) is 17.0 Å². The third-order valence-electron chi connectivity index (χ3n) is 2.46. The van der Waals surface area contributed by atoms with Crippen LogP contribution in [0.3, 0.4) is 0 Å². The second-order valence-corrected chi connectivity index (χ2v) is 4.38. The first-order chi connectivity index (χ1) is 9.17. The third kappa shape index (κ3) is 3.93. The molecular weight excluding hydrogens is 258 g/mol. The predicted molar refractivity (Wildman–Crippen MR) is 81.8 cm³/mol. The van der Waals surface area contributed by atoms with Crippen molar-refractivity contribution in [1.29, 1.82) is 0 Å². The van der Waals surface area contributed by atoms with Gasteiger partial charge in [0, 0.05) is 17.4 Å². The van der Waals surface area contributed by atoms with Gasteiger partial charge in [0.1, 0.15) is 11.6 Å². The fraction of sp³-hybridized carbons (Fsp3) is 0.143. The Morgan fingerprint density at radius 3 is 2.68 bits per heavy atom. The van der Waals surface area contributed by atoms with Crippen molar-refractivity contribution in [2.45, 2.75) is 6.92 Å². The Hall–Kier alpha value is -2.14. The molecule has 0 unspecified atom stereocenters. The minimum Gasteiger partial charge on any atom is -0.497 e. The van der Waals surface area contributed by atoms with Gasteiger partial charge >= 0.3 is 0 Å². The van der Waals surface area contributed by atoms with Gasteiger partial charge in [-0.2, -0.15) is 0 Å². The van der Waals surface area contributed by atoms with E-state index < -0.39 is 0 Å². The average Bonchev–Trinajstić information content (AvgIpc) is 2.38. The minimum absolute atomic E-state index is 0.492. The molecule has 1 heterocycles. The van der Waals surface area contributed by atoms with Crippen molar-refractivity contribution in [1.82, 2.24) is 4.98 Å². The number of thiocarbonyl (C=S) groups is 1. The zero-order valence-corrected chi connectivity index (χ0v) is 11.6. The summed E-state index contributed by atoms with van der Waals surface area (Å²) in [6.07, 6.45) is 0. The van der Waals surface area contributed by atoms with Gasteiger partial charge < -0.3 is 15.4 Å².